The van der Waals surface area contributed by atoms with Gasteiger partial charge >= 0.3 is 12.1 Å². The molecule has 0 heterocycles. The van der Waals surface area contributed by atoms with Crippen LogP contribution in [0, 0.1) is 0 Å². The molecule has 1 unspecified atom stereocenters. The summed E-state index contributed by atoms with van der Waals surface area (Å²) >= 11 is 0. The molecule has 8 nitrogen and oxygen atoms in total. The maximum absolute atomic E-state index is 13.8. The Kier molecular flexibility index (Phi) is 8.43. The predicted molar refractivity (Wildman–Crippen MR) is 143 cm³/mol. The molecule has 0 fully saturated rings. The lowest BCUT2D eigenvalue weighted by atomic mass is 9.94. The Bertz CT molecular complexity index is 1250. The van der Waals surface area contributed by atoms with Gasteiger partial charge in [-0.15, -0.1) is 0 Å². The molecule has 0 bridgehead atoms. The van der Waals surface area contributed by atoms with Gasteiger partial charge in [0.25, 0.3) is 5.91 Å². The minimum Gasteiger partial charge on any atom is -0.480 e. The summed E-state index contributed by atoms with van der Waals surface area (Å²) in [7, 11) is 1.43. The van der Waals surface area contributed by atoms with Crippen LogP contribution in [-0.4, -0.2) is 60.4 Å². The van der Waals surface area contributed by atoms with E-state index in [0.717, 1.165) is 27.8 Å². The molecule has 0 saturated heterocycles. The zero-order chi connectivity index (χ0) is 27.1. The first-order chi connectivity index (χ1) is 18.4. The van der Waals surface area contributed by atoms with Gasteiger partial charge in [0, 0.05) is 19.6 Å². The van der Waals surface area contributed by atoms with Gasteiger partial charge in [0.05, 0.1) is 6.61 Å². The molecule has 1 aliphatic rings. The quantitative estimate of drug-likeness (QED) is 0.391. The van der Waals surface area contributed by atoms with Crippen LogP contribution in [-0.2, 0) is 25.6 Å². The highest BCUT2D eigenvalue weighted by Crippen LogP contribution is 2.44. The molecule has 2 amide bonds. The lowest BCUT2D eigenvalue weighted by Crippen LogP contribution is -2.62. The molecule has 0 aromatic heterocycles. The molecule has 8 heteroatoms. The third-order valence-corrected chi connectivity index (χ3v) is 6.92. The van der Waals surface area contributed by atoms with Crippen LogP contribution in [0.4, 0.5) is 4.79 Å². The number of methoxy groups -OCH3 is 1. The number of carboxylic acids is 1. The molecule has 0 radical (unpaired) electrons. The summed E-state index contributed by atoms with van der Waals surface area (Å²) in [5, 5.41) is 12.2. The molecule has 4 rings (SSSR count). The van der Waals surface area contributed by atoms with Crippen molar-refractivity contribution in [3.8, 4) is 11.1 Å². The number of hydrogen-bond donors (Lipinski definition) is 2. The van der Waals surface area contributed by atoms with Gasteiger partial charge in [-0.05, 0) is 34.2 Å². The topological polar surface area (TPSA) is 105 Å². The number of carboxylic acid groups (broad SMARTS) is 1. The number of carbonyl (C=O) groups excluding carboxylic acids is 2. The number of rotatable bonds is 11. The molecule has 1 aliphatic carbocycles. The Morgan fingerprint density at radius 2 is 1.50 bits per heavy atom. The highest BCUT2D eigenvalue weighted by molar-refractivity contribution is 5.92. The first-order valence-electron chi connectivity index (χ1n) is 12.6. The standard InChI is InChI=1S/C30H32N2O6/c1-3-30(20-37-2,28(35)32(18-27(33)34)17-21-11-5-4-6-12-21)31-29(36)38-19-26-24-15-9-7-13-22(24)23-14-8-10-16-25(23)26/h4-16,26H,3,17-20H2,1-2H3,(H,31,36)(H,33,34). The fourth-order valence-electron chi connectivity index (χ4n) is 5.04. The summed E-state index contributed by atoms with van der Waals surface area (Å²) in [6.45, 7) is 1.23. The van der Waals surface area contributed by atoms with Gasteiger partial charge in [-0.2, -0.15) is 0 Å². The number of carbonyl (C=O) groups is 3. The summed E-state index contributed by atoms with van der Waals surface area (Å²) < 4.78 is 11.0. The number of nitrogens with one attached hydrogen (secondary N) is 1. The molecule has 3 aromatic rings. The number of nitrogens with zero attached hydrogens (tertiary/aromatic N) is 1. The van der Waals surface area contributed by atoms with Gasteiger partial charge < -0.3 is 24.8 Å². The van der Waals surface area contributed by atoms with E-state index in [2.05, 4.69) is 17.4 Å². The van der Waals surface area contributed by atoms with E-state index in [0.29, 0.717) is 0 Å². The summed E-state index contributed by atoms with van der Waals surface area (Å²) in [6.07, 6.45) is -0.594. The van der Waals surface area contributed by atoms with Crippen LogP contribution in [0.1, 0.15) is 36.0 Å². The largest absolute Gasteiger partial charge is 0.480 e. The van der Waals surface area contributed by atoms with Crippen molar-refractivity contribution in [3.05, 3.63) is 95.6 Å². The van der Waals surface area contributed by atoms with E-state index < -0.39 is 30.1 Å². The van der Waals surface area contributed by atoms with Crippen molar-refractivity contribution in [3.63, 3.8) is 0 Å². The van der Waals surface area contributed by atoms with E-state index in [1.54, 1.807) is 6.92 Å². The van der Waals surface area contributed by atoms with Crippen molar-refractivity contribution in [2.45, 2.75) is 31.3 Å². The SMILES string of the molecule is CCC(COC)(NC(=O)OCC1c2ccccc2-c2ccccc21)C(=O)N(CC(=O)O)Cc1ccccc1. The Morgan fingerprint density at radius 1 is 0.921 bits per heavy atom. The number of fused-ring (bicyclic) bond motifs is 3. The van der Waals surface area contributed by atoms with E-state index >= 15 is 0 Å². The van der Waals surface area contributed by atoms with Gasteiger partial charge in [-0.1, -0.05) is 85.8 Å². The van der Waals surface area contributed by atoms with E-state index in [9.17, 15) is 19.5 Å². The Labute approximate surface area is 222 Å². The highest BCUT2D eigenvalue weighted by atomic mass is 16.5. The van der Waals surface area contributed by atoms with Gasteiger partial charge in [0.1, 0.15) is 18.7 Å². The molecule has 0 saturated carbocycles. The third-order valence-electron chi connectivity index (χ3n) is 6.92. The minimum atomic E-state index is -1.50. The third kappa shape index (κ3) is 5.70. The van der Waals surface area contributed by atoms with Crippen molar-refractivity contribution >= 4 is 18.0 Å². The molecule has 198 valence electrons. The minimum absolute atomic E-state index is 0.0732. The van der Waals surface area contributed by atoms with Crippen LogP contribution in [0.3, 0.4) is 0 Å². The van der Waals surface area contributed by atoms with E-state index in [-0.39, 0.29) is 32.1 Å². The number of hydrogen-bond acceptors (Lipinski definition) is 5. The Hall–Kier alpha value is -4.17. The predicted octanol–water partition coefficient (Wildman–Crippen LogP) is 4.43. The van der Waals surface area contributed by atoms with Crippen LogP contribution in [0.2, 0.25) is 0 Å². The van der Waals surface area contributed by atoms with Crippen molar-refractivity contribution < 1.29 is 29.0 Å². The molecular formula is C30H32N2O6. The summed E-state index contributed by atoms with van der Waals surface area (Å²) in [5.74, 6) is -1.84. The average Bonchev–Trinajstić information content (AvgIpc) is 3.25. The van der Waals surface area contributed by atoms with Crippen molar-refractivity contribution in [1.82, 2.24) is 10.2 Å². The molecule has 0 aliphatic heterocycles. The zero-order valence-corrected chi connectivity index (χ0v) is 21.6. The maximum Gasteiger partial charge on any atom is 0.408 e. The van der Waals surface area contributed by atoms with E-state index in [1.807, 2.05) is 66.7 Å². The van der Waals surface area contributed by atoms with Crippen LogP contribution < -0.4 is 5.32 Å². The monoisotopic (exact) mass is 516 g/mol. The molecule has 2 N–H and O–H groups in total. The maximum atomic E-state index is 13.8. The van der Waals surface area contributed by atoms with Crippen LogP contribution >= 0.6 is 0 Å². The second kappa shape index (κ2) is 11.9. The first-order valence-corrected chi connectivity index (χ1v) is 12.6. The number of amides is 2. The molecular weight excluding hydrogens is 484 g/mol. The first kappa shape index (κ1) is 26.9. The second-order valence-electron chi connectivity index (χ2n) is 9.36. The lowest BCUT2D eigenvalue weighted by Gasteiger charge is -2.36. The van der Waals surface area contributed by atoms with Gasteiger partial charge in [0.2, 0.25) is 0 Å². The van der Waals surface area contributed by atoms with Crippen molar-refractivity contribution in [1.29, 1.82) is 0 Å². The number of alkyl carbamates (subject to hydrolysis) is 1. The van der Waals surface area contributed by atoms with Gasteiger partial charge in [0.15, 0.2) is 0 Å². The Balaban J connectivity index is 1.52. The van der Waals surface area contributed by atoms with Crippen LogP contribution in [0.15, 0.2) is 78.9 Å². The Morgan fingerprint density at radius 3 is 2.05 bits per heavy atom. The highest BCUT2D eigenvalue weighted by Gasteiger charge is 2.43. The molecule has 38 heavy (non-hydrogen) atoms. The zero-order valence-electron chi connectivity index (χ0n) is 21.6. The lowest BCUT2D eigenvalue weighted by molar-refractivity contribution is -0.149. The van der Waals surface area contributed by atoms with E-state index in [4.69, 9.17) is 9.47 Å². The van der Waals surface area contributed by atoms with Crippen LogP contribution in [0.25, 0.3) is 11.1 Å². The number of ether oxygens (including phenoxy) is 2. The fraction of sp³-hybridized carbons (Fsp3) is 0.300. The smallest absolute Gasteiger partial charge is 0.408 e. The second-order valence-corrected chi connectivity index (χ2v) is 9.36. The average molecular weight is 517 g/mol. The van der Waals surface area contributed by atoms with Crippen molar-refractivity contribution in [2.24, 2.45) is 0 Å². The van der Waals surface area contributed by atoms with Gasteiger partial charge in [-0.3, -0.25) is 9.59 Å². The fourth-order valence-corrected chi connectivity index (χ4v) is 5.04. The van der Waals surface area contributed by atoms with Crippen molar-refractivity contribution in [2.75, 3.05) is 26.9 Å². The van der Waals surface area contributed by atoms with Crippen LogP contribution in [0.5, 0.6) is 0 Å². The van der Waals surface area contributed by atoms with E-state index in [1.165, 1.54) is 12.0 Å². The molecule has 0 spiro atoms. The number of aliphatic carboxylic acids is 1. The van der Waals surface area contributed by atoms with Gasteiger partial charge in [-0.25, -0.2) is 4.79 Å². The normalized spacial score (nSPS) is 13.6. The summed E-state index contributed by atoms with van der Waals surface area (Å²) in [5.41, 5.74) is 3.64. The molecule has 1 atom stereocenters. The molecule has 3 aromatic carbocycles. The summed E-state index contributed by atoms with van der Waals surface area (Å²) in [6, 6.07) is 25.1. The number of benzene rings is 3. The summed E-state index contributed by atoms with van der Waals surface area (Å²) in [4.78, 5) is 39.7.